The fourth-order valence-electron chi connectivity index (χ4n) is 2.31. The summed E-state index contributed by atoms with van der Waals surface area (Å²) in [7, 11) is 0. The maximum Gasteiger partial charge on any atom is 0.313 e. The second-order valence-electron chi connectivity index (χ2n) is 5.71. The molecule has 0 saturated heterocycles. The minimum absolute atomic E-state index is 0.374. The Labute approximate surface area is 145 Å². The number of amides is 2. The lowest BCUT2D eigenvalue weighted by Gasteiger charge is -2.11. The fourth-order valence-corrected chi connectivity index (χ4v) is 3.26. The highest BCUT2D eigenvalue weighted by Crippen LogP contribution is 2.23. The minimum Gasteiger partial charge on any atom is -0.388 e. The van der Waals surface area contributed by atoms with Crippen LogP contribution in [-0.2, 0) is 16.0 Å². The van der Waals surface area contributed by atoms with Gasteiger partial charge in [-0.2, -0.15) is 0 Å². The van der Waals surface area contributed by atoms with Crippen molar-refractivity contribution < 1.29 is 14.7 Å². The predicted molar refractivity (Wildman–Crippen MR) is 96.2 cm³/mol. The van der Waals surface area contributed by atoms with Crippen molar-refractivity contribution in [2.75, 3.05) is 11.9 Å². The molecule has 0 bridgehead atoms. The highest BCUT2D eigenvalue weighted by Gasteiger charge is 2.15. The van der Waals surface area contributed by atoms with E-state index in [-0.39, 0.29) is 0 Å². The van der Waals surface area contributed by atoms with E-state index in [9.17, 15) is 14.7 Å². The van der Waals surface area contributed by atoms with E-state index in [1.807, 2.05) is 44.2 Å². The van der Waals surface area contributed by atoms with Crippen molar-refractivity contribution in [2.45, 2.75) is 33.3 Å². The lowest BCUT2D eigenvalue weighted by Crippen LogP contribution is -2.36. The number of hydrogen-bond acceptors (Lipinski definition) is 4. The van der Waals surface area contributed by atoms with Gasteiger partial charge in [-0.3, -0.25) is 9.59 Å². The van der Waals surface area contributed by atoms with Crippen molar-refractivity contribution in [2.24, 2.45) is 0 Å². The van der Waals surface area contributed by atoms with E-state index in [1.54, 1.807) is 6.92 Å². The first kappa shape index (κ1) is 18.2. The number of nitrogens with one attached hydrogen (secondary N) is 2. The molecule has 128 valence electrons. The van der Waals surface area contributed by atoms with Crippen molar-refractivity contribution in [1.29, 1.82) is 0 Å². The Hall–Kier alpha value is -2.18. The first-order valence-corrected chi connectivity index (χ1v) is 8.62. The van der Waals surface area contributed by atoms with Crippen LogP contribution in [0.2, 0.25) is 0 Å². The normalized spacial score (nSPS) is 11.8. The number of aliphatic hydroxyl groups excluding tert-OH is 1. The monoisotopic (exact) mass is 346 g/mol. The third kappa shape index (κ3) is 4.66. The molecule has 6 heteroatoms. The first-order valence-electron chi connectivity index (χ1n) is 7.80. The van der Waals surface area contributed by atoms with E-state index in [1.165, 1.54) is 11.3 Å². The number of benzene rings is 1. The zero-order valence-corrected chi connectivity index (χ0v) is 14.9. The molecule has 5 nitrogen and oxygen atoms in total. The summed E-state index contributed by atoms with van der Waals surface area (Å²) in [5, 5.41) is 14.8. The highest BCUT2D eigenvalue weighted by molar-refractivity contribution is 7.12. The Bertz CT molecular complexity index is 717. The van der Waals surface area contributed by atoms with Crippen LogP contribution in [0.1, 0.15) is 33.9 Å². The van der Waals surface area contributed by atoms with Crippen LogP contribution < -0.4 is 10.6 Å². The first-order chi connectivity index (χ1) is 11.4. The maximum atomic E-state index is 12.0. The second kappa shape index (κ2) is 8.08. The zero-order chi connectivity index (χ0) is 17.7. The number of rotatable bonds is 5. The average molecular weight is 346 g/mol. The average Bonchev–Trinajstić information content (AvgIpc) is 3.00. The quantitative estimate of drug-likeness (QED) is 0.729. The number of hydrogen-bond donors (Lipinski definition) is 3. The number of anilines is 1. The van der Waals surface area contributed by atoms with Crippen molar-refractivity contribution in [1.82, 2.24) is 5.32 Å². The molecule has 0 saturated carbocycles. The van der Waals surface area contributed by atoms with Gasteiger partial charge in [-0.25, -0.2) is 0 Å². The van der Waals surface area contributed by atoms with Crippen LogP contribution in [0.5, 0.6) is 0 Å². The van der Waals surface area contributed by atoms with Gasteiger partial charge in [-0.15, -0.1) is 11.3 Å². The molecule has 1 aromatic carbocycles. The number of aliphatic hydroxyl groups is 1. The second-order valence-corrected chi connectivity index (χ2v) is 6.91. The minimum atomic E-state index is -0.664. The Morgan fingerprint density at radius 1 is 1.12 bits per heavy atom. The Morgan fingerprint density at radius 3 is 2.38 bits per heavy atom. The molecule has 3 N–H and O–H groups in total. The lowest BCUT2D eigenvalue weighted by atomic mass is 10.1. The molecular weight excluding hydrogens is 324 g/mol. The van der Waals surface area contributed by atoms with Gasteiger partial charge < -0.3 is 15.7 Å². The molecule has 0 spiro atoms. The third-order valence-corrected chi connectivity index (χ3v) is 4.99. The SMILES string of the molecule is Cc1cccc(C)c1NC(=O)C(=O)NCCc1ccc(C(C)O)s1. The van der Waals surface area contributed by atoms with Crippen LogP contribution in [0, 0.1) is 13.8 Å². The Kier molecular flexibility index (Phi) is 6.11. The molecule has 1 unspecified atom stereocenters. The molecule has 2 amide bonds. The van der Waals surface area contributed by atoms with E-state index in [4.69, 9.17) is 0 Å². The molecule has 1 aromatic heterocycles. The van der Waals surface area contributed by atoms with E-state index >= 15 is 0 Å². The number of carbonyl (C=O) groups is 2. The Balaban J connectivity index is 1.84. The summed E-state index contributed by atoms with van der Waals surface area (Å²) in [6.07, 6.45) is 0.140. The molecule has 0 fully saturated rings. The molecule has 0 aliphatic rings. The largest absolute Gasteiger partial charge is 0.388 e. The van der Waals surface area contributed by atoms with Crippen LogP contribution in [0.3, 0.4) is 0 Å². The summed E-state index contributed by atoms with van der Waals surface area (Å²) in [6, 6.07) is 9.48. The van der Waals surface area contributed by atoms with Crippen LogP contribution in [0.4, 0.5) is 5.69 Å². The standard InChI is InChI=1S/C18H22N2O3S/c1-11-5-4-6-12(2)16(11)20-18(23)17(22)19-10-9-14-7-8-15(24-14)13(3)21/h4-8,13,21H,9-10H2,1-3H3,(H,19,22)(H,20,23). The van der Waals surface area contributed by atoms with E-state index < -0.39 is 17.9 Å². The van der Waals surface area contributed by atoms with Gasteiger partial charge in [-0.1, -0.05) is 18.2 Å². The highest BCUT2D eigenvalue weighted by atomic mass is 32.1. The third-order valence-electron chi connectivity index (χ3n) is 3.68. The van der Waals surface area contributed by atoms with Gasteiger partial charge in [-0.05, 0) is 50.5 Å². The summed E-state index contributed by atoms with van der Waals surface area (Å²) in [6.45, 7) is 5.86. The van der Waals surface area contributed by atoms with Gasteiger partial charge in [0.05, 0.1) is 6.10 Å². The number of aryl methyl sites for hydroxylation is 2. The number of carbonyl (C=O) groups excluding carboxylic acids is 2. The predicted octanol–water partition coefficient (Wildman–Crippen LogP) is 2.72. The van der Waals surface area contributed by atoms with Gasteiger partial charge in [0.1, 0.15) is 0 Å². The van der Waals surface area contributed by atoms with Crippen LogP contribution in [-0.4, -0.2) is 23.5 Å². The van der Waals surface area contributed by atoms with Crippen LogP contribution >= 0.6 is 11.3 Å². The molecule has 1 atom stereocenters. The van der Waals surface area contributed by atoms with Crippen molar-refractivity contribution in [3.05, 3.63) is 51.2 Å². The van der Waals surface area contributed by atoms with Gasteiger partial charge in [0.15, 0.2) is 0 Å². The van der Waals surface area contributed by atoms with E-state index in [2.05, 4.69) is 10.6 Å². The van der Waals surface area contributed by atoms with Gasteiger partial charge in [0.25, 0.3) is 0 Å². The summed E-state index contributed by atoms with van der Waals surface area (Å²) >= 11 is 1.51. The van der Waals surface area contributed by atoms with Crippen LogP contribution in [0.25, 0.3) is 0 Å². The number of para-hydroxylation sites is 1. The molecule has 0 aliphatic carbocycles. The molecular formula is C18H22N2O3S. The smallest absolute Gasteiger partial charge is 0.313 e. The summed E-state index contributed by atoms with van der Waals surface area (Å²) in [5.74, 6) is -1.31. The molecule has 0 aliphatic heterocycles. The van der Waals surface area contributed by atoms with Gasteiger partial charge in [0.2, 0.25) is 0 Å². The summed E-state index contributed by atoms with van der Waals surface area (Å²) in [5.41, 5.74) is 2.51. The molecule has 24 heavy (non-hydrogen) atoms. The molecule has 1 heterocycles. The summed E-state index contributed by atoms with van der Waals surface area (Å²) in [4.78, 5) is 25.9. The number of thiophene rings is 1. The van der Waals surface area contributed by atoms with E-state index in [0.717, 1.165) is 20.9 Å². The zero-order valence-electron chi connectivity index (χ0n) is 14.1. The van der Waals surface area contributed by atoms with Crippen LogP contribution in [0.15, 0.2) is 30.3 Å². The Morgan fingerprint density at radius 2 is 1.79 bits per heavy atom. The fraction of sp³-hybridized carbons (Fsp3) is 0.333. The lowest BCUT2D eigenvalue weighted by molar-refractivity contribution is -0.136. The van der Waals surface area contributed by atoms with Crippen molar-refractivity contribution >= 4 is 28.8 Å². The molecule has 0 radical (unpaired) electrons. The van der Waals surface area contributed by atoms with Crippen molar-refractivity contribution in [3.8, 4) is 0 Å². The van der Waals surface area contributed by atoms with E-state index in [0.29, 0.717) is 18.7 Å². The molecule has 2 aromatic rings. The van der Waals surface area contributed by atoms with Crippen molar-refractivity contribution in [3.63, 3.8) is 0 Å². The van der Waals surface area contributed by atoms with Gasteiger partial charge >= 0.3 is 11.8 Å². The topological polar surface area (TPSA) is 78.4 Å². The maximum absolute atomic E-state index is 12.0. The summed E-state index contributed by atoms with van der Waals surface area (Å²) < 4.78 is 0. The van der Waals surface area contributed by atoms with Gasteiger partial charge in [0, 0.05) is 22.0 Å². The molecule has 2 rings (SSSR count).